The van der Waals surface area contributed by atoms with E-state index in [2.05, 4.69) is 0 Å². The molecular weight excluding hydrogens is 289 g/mol. The van der Waals surface area contributed by atoms with Crippen LogP contribution in [0.5, 0.6) is 11.5 Å². The van der Waals surface area contributed by atoms with E-state index in [1.54, 1.807) is 19.1 Å². The third-order valence-corrected chi connectivity index (χ3v) is 3.75. The van der Waals surface area contributed by atoms with Crippen LogP contribution in [-0.4, -0.2) is 6.04 Å². The zero-order valence-electron chi connectivity index (χ0n) is 12.2. The molecule has 0 aliphatic rings. The number of nitrogens with two attached hydrogens (primary N) is 1. The fourth-order valence-corrected chi connectivity index (χ4v) is 2.29. The topological polar surface area (TPSA) is 35.2 Å². The second-order valence-corrected chi connectivity index (χ2v) is 5.54. The molecule has 0 fully saturated rings. The lowest BCUT2D eigenvalue weighted by molar-refractivity contribution is 0.476. The Morgan fingerprint density at radius 2 is 2.00 bits per heavy atom. The molecule has 0 heterocycles. The monoisotopic (exact) mass is 307 g/mol. The van der Waals surface area contributed by atoms with Crippen LogP contribution in [-0.2, 0) is 6.42 Å². The molecule has 0 radical (unpaired) electrons. The van der Waals surface area contributed by atoms with Crippen LogP contribution >= 0.6 is 11.6 Å². The summed E-state index contributed by atoms with van der Waals surface area (Å²) in [6.07, 6.45) is 1.65. The van der Waals surface area contributed by atoms with Gasteiger partial charge in [0.1, 0.15) is 17.3 Å². The summed E-state index contributed by atoms with van der Waals surface area (Å²) >= 11 is 6.27. The quantitative estimate of drug-likeness (QED) is 0.856. The maximum absolute atomic E-state index is 13.1. The molecule has 0 bridgehead atoms. The second kappa shape index (κ2) is 6.92. The van der Waals surface area contributed by atoms with Crippen LogP contribution in [0.15, 0.2) is 36.4 Å². The van der Waals surface area contributed by atoms with Gasteiger partial charge >= 0.3 is 0 Å². The number of rotatable bonds is 5. The average molecular weight is 308 g/mol. The summed E-state index contributed by atoms with van der Waals surface area (Å²) in [6, 6.07) is 10.1. The summed E-state index contributed by atoms with van der Waals surface area (Å²) < 4.78 is 18.8. The number of ether oxygens (including phenoxy) is 1. The first-order valence-corrected chi connectivity index (χ1v) is 7.35. The van der Waals surface area contributed by atoms with Crippen LogP contribution in [0, 0.1) is 12.7 Å². The first-order valence-electron chi connectivity index (χ1n) is 6.97. The van der Waals surface area contributed by atoms with Gasteiger partial charge in [0.2, 0.25) is 0 Å². The molecule has 0 spiro atoms. The van der Waals surface area contributed by atoms with E-state index in [0.29, 0.717) is 16.5 Å². The molecule has 2 rings (SSSR count). The normalized spacial score (nSPS) is 12.2. The summed E-state index contributed by atoms with van der Waals surface area (Å²) in [5.74, 6) is 0.968. The van der Waals surface area contributed by atoms with Gasteiger partial charge in [-0.25, -0.2) is 4.39 Å². The van der Waals surface area contributed by atoms with Crippen molar-refractivity contribution in [2.24, 2.45) is 5.73 Å². The third kappa shape index (κ3) is 4.19. The van der Waals surface area contributed by atoms with Gasteiger partial charge in [-0.2, -0.15) is 0 Å². The fourth-order valence-electron chi connectivity index (χ4n) is 2.04. The van der Waals surface area contributed by atoms with E-state index in [4.69, 9.17) is 22.1 Å². The Kier molecular flexibility index (Phi) is 5.21. The molecule has 0 saturated carbocycles. The maximum atomic E-state index is 13.1. The van der Waals surface area contributed by atoms with Crippen molar-refractivity contribution in [3.05, 3.63) is 58.4 Å². The minimum absolute atomic E-state index is 0.105. The van der Waals surface area contributed by atoms with Crippen molar-refractivity contribution in [2.45, 2.75) is 32.7 Å². The summed E-state index contributed by atoms with van der Waals surface area (Å²) in [6.45, 7) is 3.85. The summed E-state index contributed by atoms with van der Waals surface area (Å²) in [5.41, 5.74) is 7.69. The first-order chi connectivity index (χ1) is 9.99. The molecule has 0 amide bonds. The Bertz CT molecular complexity index is 630. The standard InChI is InChI=1S/C17H19ClFNO/c1-3-14(20)9-12-4-6-15(10-16(12)18)21-17-7-5-13(19)8-11(17)2/h4-8,10,14H,3,9,20H2,1-2H3. The van der Waals surface area contributed by atoms with Gasteiger partial charge in [0.25, 0.3) is 0 Å². The molecule has 0 saturated heterocycles. The van der Waals surface area contributed by atoms with E-state index in [1.807, 2.05) is 19.1 Å². The zero-order chi connectivity index (χ0) is 15.4. The molecule has 112 valence electrons. The minimum Gasteiger partial charge on any atom is -0.457 e. The maximum Gasteiger partial charge on any atom is 0.130 e. The molecule has 2 nitrogen and oxygen atoms in total. The highest BCUT2D eigenvalue weighted by Gasteiger charge is 2.08. The first kappa shape index (κ1) is 15.8. The number of hydrogen-bond acceptors (Lipinski definition) is 2. The van der Waals surface area contributed by atoms with Crippen molar-refractivity contribution in [3.8, 4) is 11.5 Å². The van der Waals surface area contributed by atoms with Crippen LogP contribution in [0.1, 0.15) is 24.5 Å². The molecule has 2 aromatic carbocycles. The Morgan fingerprint density at radius 1 is 1.24 bits per heavy atom. The summed E-state index contributed by atoms with van der Waals surface area (Å²) in [4.78, 5) is 0. The van der Waals surface area contributed by atoms with Gasteiger partial charge in [-0.15, -0.1) is 0 Å². The lowest BCUT2D eigenvalue weighted by atomic mass is 10.0. The number of aryl methyl sites for hydroxylation is 1. The Morgan fingerprint density at radius 3 is 2.62 bits per heavy atom. The molecule has 0 aromatic heterocycles. The van der Waals surface area contributed by atoms with Gasteiger partial charge in [-0.3, -0.25) is 0 Å². The van der Waals surface area contributed by atoms with E-state index in [0.717, 1.165) is 24.0 Å². The fraction of sp³-hybridized carbons (Fsp3) is 0.294. The molecule has 0 aliphatic heterocycles. The van der Waals surface area contributed by atoms with E-state index in [1.165, 1.54) is 12.1 Å². The van der Waals surface area contributed by atoms with Crippen molar-refractivity contribution in [1.29, 1.82) is 0 Å². The van der Waals surface area contributed by atoms with Crippen molar-refractivity contribution in [2.75, 3.05) is 0 Å². The predicted molar refractivity (Wildman–Crippen MR) is 84.6 cm³/mol. The highest BCUT2D eigenvalue weighted by atomic mass is 35.5. The molecule has 2 N–H and O–H groups in total. The van der Waals surface area contributed by atoms with E-state index >= 15 is 0 Å². The van der Waals surface area contributed by atoms with E-state index in [9.17, 15) is 4.39 Å². The summed E-state index contributed by atoms with van der Waals surface area (Å²) in [7, 11) is 0. The van der Waals surface area contributed by atoms with Crippen LogP contribution in [0.25, 0.3) is 0 Å². The predicted octanol–water partition coefficient (Wildman–Crippen LogP) is 4.86. The van der Waals surface area contributed by atoms with Crippen molar-refractivity contribution in [1.82, 2.24) is 0 Å². The van der Waals surface area contributed by atoms with Crippen molar-refractivity contribution >= 4 is 11.6 Å². The van der Waals surface area contributed by atoms with Crippen molar-refractivity contribution in [3.63, 3.8) is 0 Å². The Balaban J connectivity index is 2.16. The van der Waals surface area contributed by atoms with E-state index < -0.39 is 0 Å². The number of benzene rings is 2. The molecule has 2 aromatic rings. The third-order valence-electron chi connectivity index (χ3n) is 3.40. The highest BCUT2D eigenvalue weighted by molar-refractivity contribution is 6.31. The molecule has 1 unspecified atom stereocenters. The minimum atomic E-state index is -0.276. The average Bonchev–Trinajstić information content (AvgIpc) is 2.44. The Labute approximate surface area is 129 Å². The van der Waals surface area contributed by atoms with Gasteiger partial charge in [-0.1, -0.05) is 24.6 Å². The second-order valence-electron chi connectivity index (χ2n) is 5.14. The van der Waals surface area contributed by atoms with Gasteiger partial charge in [0.15, 0.2) is 0 Å². The molecule has 0 aliphatic carbocycles. The molecule has 4 heteroatoms. The lowest BCUT2D eigenvalue weighted by Gasteiger charge is -2.13. The Hall–Kier alpha value is -1.58. The van der Waals surface area contributed by atoms with Crippen LogP contribution < -0.4 is 10.5 Å². The van der Waals surface area contributed by atoms with E-state index in [-0.39, 0.29) is 11.9 Å². The highest BCUT2D eigenvalue weighted by Crippen LogP contribution is 2.29. The molecule has 1 atom stereocenters. The SMILES string of the molecule is CCC(N)Cc1ccc(Oc2ccc(F)cc2C)cc1Cl. The van der Waals surface area contributed by atoms with Gasteiger partial charge in [-0.05, 0) is 61.2 Å². The van der Waals surface area contributed by atoms with Crippen LogP contribution in [0.2, 0.25) is 5.02 Å². The van der Waals surface area contributed by atoms with Gasteiger partial charge < -0.3 is 10.5 Å². The van der Waals surface area contributed by atoms with Gasteiger partial charge in [0.05, 0.1) is 0 Å². The summed E-state index contributed by atoms with van der Waals surface area (Å²) in [5, 5.41) is 0.635. The smallest absolute Gasteiger partial charge is 0.130 e. The number of hydrogen-bond donors (Lipinski definition) is 1. The number of halogens is 2. The van der Waals surface area contributed by atoms with Gasteiger partial charge in [0, 0.05) is 11.1 Å². The van der Waals surface area contributed by atoms with Crippen LogP contribution in [0.3, 0.4) is 0 Å². The van der Waals surface area contributed by atoms with Crippen LogP contribution in [0.4, 0.5) is 4.39 Å². The molecular formula is C17H19ClFNO. The lowest BCUT2D eigenvalue weighted by Crippen LogP contribution is -2.21. The van der Waals surface area contributed by atoms with Crippen molar-refractivity contribution < 1.29 is 9.13 Å². The molecule has 21 heavy (non-hydrogen) atoms. The zero-order valence-corrected chi connectivity index (χ0v) is 13.0. The largest absolute Gasteiger partial charge is 0.457 e.